The highest BCUT2D eigenvalue weighted by Crippen LogP contribution is 2.44. The van der Waals surface area contributed by atoms with Gasteiger partial charge in [0, 0.05) is 12.6 Å². The van der Waals surface area contributed by atoms with Crippen LogP contribution in [0.4, 0.5) is 0 Å². The predicted octanol–water partition coefficient (Wildman–Crippen LogP) is 4.43. The molecule has 18 heavy (non-hydrogen) atoms. The van der Waals surface area contributed by atoms with Crippen LogP contribution in [-0.2, 0) is 5.41 Å². The molecule has 1 N–H and O–H groups in total. The van der Waals surface area contributed by atoms with Crippen molar-refractivity contribution in [1.82, 2.24) is 5.32 Å². The third-order valence-electron chi connectivity index (χ3n) is 4.22. The lowest BCUT2D eigenvalue weighted by Gasteiger charge is -2.21. The standard InChI is InChI=1S/C17H27N/c1-13(18-12-17(5)10-11-17)14-6-8-15(9-7-14)16(2,3)4/h6-9,13,18H,10-12H2,1-5H3. The minimum atomic E-state index is 0.247. The van der Waals surface area contributed by atoms with Crippen molar-refractivity contribution in [2.45, 2.75) is 58.9 Å². The van der Waals surface area contributed by atoms with E-state index in [9.17, 15) is 0 Å². The van der Waals surface area contributed by atoms with E-state index < -0.39 is 0 Å². The number of nitrogens with one attached hydrogen (secondary N) is 1. The molecule has 1 saturated carbocycles. The van der Waals surface area contributed by atoms with E-state index in [1.807, 2.05) is 0 Å². The van der Waals surface area contributed by atoms with Crippen LogP contribution in [0.2, 0.25) is 0 Å². The molecule has 1 atom stereocenters. The number of benzene rings is 1. The SMILES string of the molecule is CC(NCC1(C)CC1)c1ccc(C(C)(C)C)cc1. The fraction of sp³-hybridized carbons (Fsp3) is 0.647. The second-order valence-corrected chi connectivity index (χ2v) is 7.29. The van der Waals surface area contributed by atoms with Crippen molar-refractivity contribution in [3.63, 3.8) is 0 Å². The van der Waals surface area contributed by atoms with Crippen LogP contribution >= 0.6 is 0 Å². The van der Waals surface area contributed by atoms with Gasteiger partial charge in [0.15, 0.2) is 0 Å². The Labute approximate surface area is 112 Å². The molecule has 1 aliphatic rings. The monoisotopic (exact) mass is 245 g/mol. The number of rotatable bonds is 4. The summed E-state index contributed by atoms with van der Waals surface area (Å²) in [6, 6.07) is 9.54. The third-order valence-corrected chi connectivity index (χ3v) is 4.22. The normalized spacial score (nSPS) is 19.6. The Kier molecular flexibility index (Phi) is 3.55. The minimum absolute atomic E-state index is 0.247. The van der Waals surface area contributed by atoms with Crippen LogP contribution < -0.4 is 5.32 Å². The highest BCUT2D eigenvalue weighted by Gasteiger charge is 2.36. The molecular weight excluding hydrogens is 218 g/mol. The van der Waals surface area contributed by atoms with Gasteiger partial charge in [0.2, 0.25) is 0 Å². The molecule has 0 heterocycles. The summed E-state index contributed by atoms with van der Waals surface area (Å²) in [5, 5.41) is 3.66. The number of hydrogen-bond donors (Lipinski definition) is 1. The van der Waals surface area contributed by atoms with E-state index in [2.05, 4.69) is 64.2 Å². The quantitative estimate of drug-likeness (QED) is 0.827. The zero-order valence-corrected chi connectivity index (χ0v) is 12.5. The maximum atomic E-state index is 3.66. The van der Waals surface area contributed by atoms with Crippen molar-refractivity contribution >= 4 is 0 Å². The van der Waals surface area contributed by atoms with Crippen molar-refractivity contribution in [3.05, 3.63) is 35.4 Å². The van der Waals surface area contributed by atoms with Crippen LogP contribution in [0, 0.1) is 5.41 Å². The summed E-state index contributed by atoms with van der Waals surface area (Å²) < 4.78 is 0. The summed E-state index contributed by atoms with van der Waals surface area (Å²) in [5.41, 5.74) is 3.64. The molecule has 1 fully saturated rings. The molecule has 1 aromatic rings. The third kappa shape index (κ3) is 3.35. The van der Waals surface area contributed by atoms with Gasteiger partial charge in [-0.1, -0.05) is 52.0 Å². The summed E-state index contributed by atoms with van der Waals surface area (Å²) in [7, 11) is 0. The Hall–Kier alpha value is -0.820. The van der Waals surface area contributed by atoms with Gasteiger partial charge in [0.05, 0.1) is 0 Å². The van der Waals surface area contributed by atoms with Crippen molar-refractivity contribution in [3.8, 4) is 0 Å². The van der Waals surface area contributed by atoms with Gasteiger partial charge in [-0.25, -0.2) is 0 Å². The first kappa shape index (κ1) is 13.6. The molecule has 0 aromatic heterocycles. The molecule has 0 aliphatic heterocycles. The van der Waals surface area contributed by atoms with E-state index in [-0.39, 0.29) is 5.41 Å². The average Bonchev–Trinajstić information content (AvgIpc) is 3.04. The molecule has 2 rings (SSSR count). The van der Waals surface area contributed by atoms with Gasteiger partial charge >= 0.3 is 0 Å². The molecule has 0 spiro atoms. The first-order valence-electron chi connectivity index (χ1n) is 7.14. The zero-order valence-electron chi connectivity index (χ0n) is 12.5. The van der Waals surface area contributed by atoms with Gasteiger partial charge in [-0.05, 0) is 41.7 Å². The molecule has 0 bridgehead atoms. The second kappa shape index (κ2) is 4.70. The minimum Gasteiger partial charge on any atom is -0.310 e. The summed E-state index contributed by atoms with van der Waals surface area (Å²) in [4.78, 5) is 0. The molecule has 0 radical (unpaired) electrons. The van der Waals surface area contributed by atoms with Crippen LogP contribution in [0.1, 0.15) is 64.6 Å². The molecule has 1 aliphatic carbocycles. The van der Waals surface area contributed by atoms with Crippen molar-refractivity contribution in [2.75, 3.05) is 6.54 Å². The molecule has 1 unspecified atom stereocenters. The fourth-order valence-electron chi connectivity index (χ4n) is 2.18. The molecule has 100 valence electrons. The van der Waals surface area contributed by atoms with E-state index in [0.29, 0.717) is 11.5 Å². The maximum Gasteiger partial charge on any atom is 0.0292 e. The molecule has 0 amide bonds. The molecule has 1 nitrogen and oxygen atoms in total. The van der Waals surface area contributed by atoms with Crippen molar-refractivity contribution in [2.24, 2.45) is 5.41 Å². The Bertz CT molecular complexity index is 393. The fourth-order valence-corrected chi connectivity index (χ4v) is 2.18. The average molecular weight is 245 g/mol. The van der Waals surface area contributed by atoms with Gasteiger partial charge in [-0.3, -0.25) is 0 Å². The molecule has 0 saturated heterocycles. The Morgan fingerprint density at radius 1 is 1.17 bits per heavy atom. The molecule has 1 heteroatoms. The highest BCUT2D eigenvalue weighted by atomic mass is 14.9. The van der Waals surface area contributed by atoms with Crippen molar-refractivity contribution in [1.29, 1.82) is 0 Å². The summed E-state index contributed by atoms with van der Waals surface area (Å²) in [6.45, 7) is 12.6. The lowest BCUT2D eigenvalue weighted by Crippen LogP contribution is -2.25. The van der Waals surface area contributed by atoms with Gasteiger partial charge in [0.25, 0.3) is 0 Å². The summed E-state index contributed by atoms with van der Waals surface area (Å²) in [6.07, 6.45) is 2.77. The van der Waals surface area contributed by atoms with E-state index in [0.717, 1.165) is 6.54 Å². The van der Waals surface area contributed by atoms with Gasteiger partial charge in [-0.2, -0.15) is 0 Å². The van der Waals surface area contributed by atoms with E-state index in [1.165, 1.54) is 24.0 Å². The van der Waals surface area contributed by atoms with Crippen LogP contribution in [-0.4, -0.2) is 6.54 Å². The number of hydrogen-bond acceptors (Lipinski definition) is 1. The molecular formula is C17H27N. The van der Waals surface area contributed by atoms with Gasteiger partial charge in [0.1, 0.15) is 0 Å². The van der Waals surface area contributed by atoms with Crippen molar-refractivity contribution < 1.29 is 0 Å². The van der Waals surface area contributed by atoms with Crippen LogP contribution in [0.25, 0.3) is 0 Å². The molecule has 1 aromatic carbocycles. The largest absolute Gasteiger partial charge is 0.310 e. The summed E-state index contributed by atoms with van der Waals surface area (Å²) in [5.74, 6) is 0. The topological polar surface area (TPSA) is 12.0 Å². The summed E-state index contributed by atoms with van der Waals surface area (Å²) >= 11 is 0. The first-order valence-corrected chi connectivity index (χ1v) is 7.14. The van der Waals surface area contributed by atoms with Crippen LogP contribution in [0.15, 0.2) is 24.3 Å². The second-order valence-electron chi connectivity index (χ2n) is 7.29. The van der Waals surface area contributed by atoms with Crippen LogP contribution in [0.3, 0.4) is 0 Å². The van der Waals surface area contributed by atoms with Gasteiger partial charge < -0.3 is 5.32 Å². The van der Waals surface area contributed by atoms with Gasteiger partial charge in [-0.15, -0.1) is 0 Å². The Morgan fingerprint density at radius 2 is 1.72 bits per heavy atom. The lowest BCUT2D eigenvalue weighted by molar-refractivity contribution is 0.457. The van der Waals surface area contributed by atoms with Crippen LogP contribution in [0.5, 0.6) is 0 Å². The van der Waals surface area contributed by atoms with E-state index >= 15 is 0 Å². The smallest absolute Gasteiger partial charge is 0.0292 e. The Balaban J connectivity index is 1.96. The lowest BCUT2D eigenvalue weighted by atomic mass is 9.86. The Morgan fingerprint density at radius 3 is 2.17 bits per heavy atom. The predicted molar refractivity (Wildman–Crippen MR) is 78.9 cm³/mol. The van der Waals surface area contributed by atoms with E-state index in [1.54, 1.807) is 0 Å². The first-order chi connectivity index (χ1) is 8.30. The van der Waals surface area contributed by atoms with E-state index in [4.69, 9.17) is 0 Å². The zero-order chi connectivity index (χ0) is 13.4. The highest BCUT2D eigenvalue weighted by molar-refractivity contribution is 5.29. The maximum absolute atomic E-state index is 3.66.